The molecule has 1 aromatic heterocycles. The number of hydrogen-bond donors (Lipinski definition) is 2. The van der Waals surface area contributed by atoms with Crippen molar-refractivity contribution in [2.24, 2.45) is 0 Å². The van der Waals surface area contributed by atoms with Gasteiger partial charge in [-0.3, -0.25) is 4.72 Å². The zero-order valence-corrected chi connectivity index (χ0v) is 15.9. The fourth-order valence-electron chi connectivity index (χ4n) is 3.01. The molecule has 0 unspecified atom stereocenters. The van der Waals surface area contributed by atoms with Crippen molar-refractivity contribution in [3.05, 3.63) is 47.0 Å². The van der Waals surface area contributed by atoms with Crippen LogP contribution in [0.25, 0.3) is 11.0 Å². The molecule has 0 aliphatic carbocycles. The minimum absolute atomic E-state index is 0. The summed E-state index contributed by atoms with van der Waals surface area (Å²) in [4.78, 5) is 0.202. The number of aryl methyl sites for hydroxylation is 1. The van der Waals surface area contributed by atoms with Crippen LogP contribution in [0.3, 0.4) is 0 Å². The van der Waals surface area contributed by atoms with Gasteiger partial charge >= 0.3 is 0 Å². The molecule has 0 saturated heterocycles. The first-order chi connectivity index (χ1) is 11.5. The van der Waals surface area contributed by atoms with Crippen LogP contribution in [0.2, 0.25) is 0 Å². The Balaban J connectivity index is 0.00000182. The Kier molecular flexibility index (Phi) is 4.97. The molecule has 0 radical (unpaired) electrons. The molecule has 0 amide bonds. The van der Waals surface area contributed by atoms with Gasteiger partial charge in [-0.25, -0.2) is 8.42 Å². The zero-order chi connectivity index (χ0) is 16.7. The van der Waals surface area contributed by atoms with E-state index in [1.165, 1.54) is 11.1 Å². The number of fused-ring (bicyclic) bond motifs is 2. The van der Waals surface area contributed by atoms with Gasteiger partial charge in [-0.1, -0.05) is 12.1 Å². The lowest BCUT2D eigenvalue weighted by molar-refractivity contribution is 0.601. The Hall–Kier alpha value is -1.74. The lowest BCUT2D eigenvalue weighted by atomic mass is 10.0. The smallest absolute Gasteiger partial charge is 0.264 e. The van der Waals surface area contributed by atoms with Gasteiger partial charge < -0.3 is 5.32 Å². The molecule has 2 aromatic carbocycles. The summed E-state index contributed by atoms with van der Waals surface area (Å²) in [6.45, 7) is 3.50. The van der Waals surface area contributed by atoms with Crippen LogP contribution >= 0.6 is 24.1 Å². The van der Waals surface area contributed by atoms with Crippen molar-refractivity contribution in [3.63, 3.8) is 0 Å². The second kappa shape index (κ2) is 6.87. The number of nitrogens with zero attached hydrogens (tertiary/aromatic N) is 2. The number of rotatable bonds is 3. The van der Waals surface area contributed by atoms with Gasteiger partial charge in [-0.05, 0) is 54.8 Å². The third kappa shape index (κ3) is 3.35. The summed E-state index contributed by atoms with van der Waals surface area (Å²) >= 11 is 1.02. The summed E-state index contributed by atoms with van der Waals surface area (Å²) in [5.74, 6) is 0. The van der Waals surface area contributed by atoms with E-state index in [0.29, 0.717) is 22.3 Å². The van der Waals surface area contributed by atoms with Crippen LogP contribution in [0.5, 0.6) is 0 Å². The fourth-order valence-corrected chi connectivity index (χ4v) is 5.05. The van der Waals surface area contributed by atoms with Crippen LogP contribution < -0.4 is 10.0 Å². The minimum atomic E-state index is -3.73. The summed E-state index contributed by atoms with van der Waals surface area (Å²) in [5.41, 5.74) is 4.66. The van der Waals surface area contributed by atoms with Crippen LogP contribution in [-0.4, -0.2) is 23.7 Å². The fraction of sp³-hybridized carbons (Fsp3) is 0.250. The first kappa shape index (κ1) is 18.1. The van der Waals surface area contributed by atoms with Crippen LogP contribution in [0.4, 0.5) is 5.69 Å². The van der Waals surface area contributed by atoms with E-state index in [4.69, 9.17) is 0 Å². The Labute approximate surface area is 156 Å². The van der Waals surface area contributed by atoms with Crippen molar-refractivity contribution < 1.29 is 8.42 Å². The lowest BCUT2D eigenvalue weighted by Crippen LogP contribution is -2.23. The number of halogens is 1. The van der Waals surface area contributed by atoms with E-state index in [9.17, 15) is 8.42 Å². The Bertz CT molecular complexity index is 1030. The van der Waals surface area contributed by atoms with Gasteiger partial charge in [0.05, 0.1) is 11.7 Å². The number of sulfonamides is 1. The number of hydrogen-bond acceptors (Lipinski definition) is 6. The first-order valence-corrected chi connectivity index (χ1v) is 9.83. The highest BCUT2D eigenvalue weighted by Gasteiger charge is 2.23. The predicted octanol–water partition coefficient (Wildman–Crippen LogP) is 2.87. The van der Waals surface area contributed by atoms with Crippen LogP contribution in [0.1, 0.15) is 16.7 Å². The average Bonchev–Trinajstić information content (AvgIpc) is 3.02. The van der Waals surface area contributed by atoms with Crippen molar-refractivity contribution in [2.45, 2.75) is 24.8 Å². The molecule has 2 heterocycles. The summed E-state index contributed by atoms with van der Waals surface area (Å²) in [6.07, 6.45) is 0.898. The van der Waals surface area contributed by atoms with Gasteiger partial charge in [0.25, 0.3) is 10.0 Å². The zero-order valence-electron chi connectivity index (χ0n) is 13.4. The molecule has 0 atom stereocenters. The maximum absolute atomic E-state index is 12.9. The van der Waals surface area contributed by atoms with Crippen LogP contribution in [0.15, 0.2) is 35.2 Å². The third-order valence-corrected chi connectivity index (χ3v) is 6.29. The topological polar surface area (TPSA) is 84.0 Å². The number of aromatic nitrogens is 2. The molecule has 25 heavy (non-hydrogen) atoms. The maximum Gasteiger partial charge on any atom is 0.264 e. The monoisotopic (exact) mass is 396 g/mol. The molecule has 0 fully saturated rings. The molecule has 1 aliphatic rings. The molecule has 132 valence electrons. The minimum Gasteiger partial charge on any atom is -0.312 e. The predicted molar refractivity (Wildman–Crippen MR) is 102 cm³/mol. The summed E-state index contributed by atoms with van der Waals surface area (Å²) in [7, 11) is -3.73. The van der Waals surface area contributed by atoms with Crippen molar-refractivity contribution >= 4 is 50.9 Å². The van der Waals surface area contributed by atoms with E-state index in [1.807, 2.05) is 12.1 Å². The maximum atomic E-state index is 12.9. The Morgan fingerprint density at radius 2 is 2.00 bits per heavy atom. The number of anilines is 1. The normalized spacial score (nSPS) is 14.0. The van der Waals surface area contributed by atoms with Crippen molar-refractivity contribution in [1.29, 1.82) is 0 Å². The van der Waals surface area contributed by atoms with E-state index in [1.54, 1.807) is 25.1 Å². The highest BCUT2D eigenvalue weighted by atomic mass is 35.5. The summed E-state index contributed by atoms with van der Waals surface area (Å²) in [6, 6.07) is 9.24. The van der Waals surface area contributed by atoms with Gasteiger partial charge in [0, 0.05) is 12.2 Å². The van der Waals surface area contributed by atoms with Gasteiger partial charge in [-0.2, -0.15) is 8.75 Å². The average molecular weight is 397 g/mol. The molecule has 2 N–H and O–H groups in total. The molecule has 0 spiro atoms. The van der Waals surface area contributed by atoms with E-state index in [-0.39, 0.29) is 17.3 Å². The Morgan fingerprint density at radius 3 is 2.84 bits per heavy atom. The summed E-state index contributed by atoms with van der Waals surface area (Å²) < 4.78 is 36.8. The van der Waals surface area contributed by atoms with Gasteiger partial charge in [-0.15, -0.1) is 12.4 Å². The largest absolute Gasteiger partial charge is 0.312 e. The van der Waals surface area contributed by atoms with Crippen molar-refractivity contribution in [3.8, 4) is 0 Å². The van der Waals surface area contributed by atoms with E-state index in [2.05, 4.69) is 18.8 Å². The van der Waals surface area contributed by atoms with Gasteiger partial charge in [0.15, 0.2) is 0 Å². The van der Waals surface area contributed by atoms with E-state index in [0.717, 1.165) is 31.2 Å². The molecule has 0 saturated carbocycles. The molecule has 0 bridgehead atoms. The van der Waals surface area contributed by atoms with Crippen LogP contribution in [-0.2, 0) is 23.0 Å². The number of benzene rings is 2. The van der Waals surface area contributed by atoms with E-state index >= 15 is 0 Å². The van der Waals surface area contributed by atoms with Crippen molar-refractivity contribution in [2.75, 3.05) is 11.3 Å². The second-order valence-electron chi connectivity index (χ2n) is 5.86. The molecular formula is C16H17ClN4O2S2. The number of nitrogens with one attached hydrogen (secondary N) is 2. The second-order valence-corrected chi connectivity index (χ2v) is 8.01. The van der Waals surface area contributed by atoms with Gasteiger partial charge in [0.2, 0.25) is 0 Å². The molecule has 1 aliphatic heterocycles. The highest BCUT2D eigenvalue weighted by Crippen LogP contribution is 2.28. The van der Waals surface area contributed by atoms with Crippen molar-refractivity contribution in [1.82, 2.24) is 14.1 Å². The standard InChI is InChI=1S/C16H16N4O2S2.ClH/c1-10-2-5-14-15(19-23-18-14)16(10)24(21,22)20-13-4-3-12-9-17-7-6-11(12)8-13;/h2-5,8,17,20H,6-7,9H2,1H3;1H. The SMILES string of the molecule is Cc1ccc2nsnc2c1S(=O)(=O)Nc1ccc2c(c1)CCNC2.Cl. The quantitative estimate of drug-likeness (QED) is 0.711. The van der Waals surface area contributed by atoms with Crippen LogP contribution in [0, 0.1) is 6.92 Å². The molecule has 4 rings (SSSR count). The van der Waals surface area contributed by atoms with E-state index < -0.39 is 10.0 Å². The lowest BCUT2D eigenvalue weighted by Gasteiger charge is -2.18. The first-order valence-electron chi connectivity index (χ1n) is 7.62. The summed E-state index contributed by atoms with van der Waals surface area (Å²) in [5, 5.41) is 3.31. The Morgan fingerprint density at radius 1 is 1.16 bits per heavy atom. The molecule has 3 aromatic rings. The third-order valence-electron chi connectivity index (χ3n) is 4.19. The molecular weight excluding hydrogens is 380 g/mol. The molecule has 9 heteroatoms. The highest BCUT2D eigenvalue weighted by molar-refractivity contribution is 7.93. The molecule has 6 nitrogen and oxygen atoms in total. The van der Waals surface area contributed by atoms with Gasteiger partial charge in [0.1, 0.15) is 15.9 Å².